The van der Waals surface area contributed by atoms with Gasteiger partial charge in [-0.1, -0.05) is 17.7 Å². The molecule has 0 radical (unpaired) electrons. The predicted molar refractivity (Wildman–Crippen MR) is 137 cm³/mol. The Hall–Kier alpha value is -2.51. The topological polar surface area (TPSA) is 114 Å². The molecule has 0 N–H and O–H groups in total. The fraction of sp³-hybridized carbons (Fsp3) is 0.480. The first-order chi connectivity index (χ1) is 17.6. The molecule has 0 aromatic heterocycles. The van der Waals surface area contributed by atoms with Crippen LogP contribution in [0.4, 0.5) is 0 Å². The van der Waals surface area contributed by atoms with E-state index in [1.54, 1.807) is 41.3 Å². The first kappa shape index (κ1) is 27.5. The number of methoxy groups -OCH3 is 1. The molecule has 0 atom stereocenters. The molecule has 1 amide bonds. The molecule has 0 saturated carbocycles. The van der Waals surface area contributed by atoms with Crippen molar-refractivity contribution in [2.45, 2.75) is 29.6 Å². The van der Waals surface area contributed by atoms with Crippen molar-refractivity contribution in [3.05, 3.63) is 53.6 Å². The summed E-state index contributed by atoms with van der Waals surface area (Å²) in [5.74, 6) is 0.401. The molecule has 12 heteroatoms. The molecule has 4 rings (SSSR count). The maximum atomic E-state index is 13.1. The number of piperazine rings is 1. The number of hydrogen-bond donors (Lipinski definition) is 0. The van der Waals surface area contributed by atoms with Crippen LogP contribution in [0.1, 0.15) is 17.5 Å². The van der Waals surface area contributed by atoms with Crippen LogP contribution in [0.5, 0.6) is 5.75 Å². The zero-order valence-corrected chi connectivity index (χ0v) is 22.8. The monoisotopic (exact) mass is 551 g/mol. The van der Waals surface area contributed by atoms with Gasteiger partial charge in [-0.05, 0) is 49.2 Å². The third kappa shape index (κ3) is 6.15. The second-order valence-electron chi connectivity index (χ2n) is 9.09. The molecule has 0 unspecified atom stereocenters. The molecule has 202 valence electrons. The summed E-state index contributed by atoms with van der Waals surface area (Å²) in [6.45, 7) is 4.25. The zero-order valence-electron chi connectivity index (χ0n) is 21.1. The van der Waals surface area contributed by atoms with Gasteiger partial charge in [0.2, 0.25) is 26.0 Å². The first-order valence-electron chi connectivity index (χ1n) is 12.2. The maximum absolute atomic E-state index is 13.1. The van der Waals surface area contributed by atoms with E-state index in [2.05, 4.69) is 0 Å². The van der Waals surface area contributed by atoms with E-state index in [0.29, 0.717) is 57.1 Å². The molecule has 2 fully saturated rings. The number of nitrogens with zero attached hydrogens (tertiary/aromatic N) is 3. The summed E-state index contributed by atoms with van der Waals surface area (Å²) in [6.07, 6.45) is 0.457. The van der Waals surface area contributed by atoms with E-state index in [9.17, 15) is 21.6 Å². The lowest BCUT2D eigenvalue weighted by Crippen LogP contribution is -2.50. The molecule has 0 bridgehead atoms. The van der Waals surface area contributed by atoms with Gasteiger partial charge in [0.05, 0.1) is 30.1 Å². The number of carbonyl (C=O) groups excluding carboxylic acids is 1. The molecule has 2 aliphatic heterocycles. The molecule has 2 heterocycles. The summed E-state index contributed by atoms with van der Waals surface area (Å²) >= 11 is 0. The Morgan fingerprint density at radius 1 is 0.838 bits per heavy atom. The van der Waals surface area contributed by atoms with E-state index in [1.807, 2.05) is 6.92 Å². The molecule has 2 aliphatic rings. The number of carbonyl (C=O) groups is 1. The second kappa shape index (κ2) is 11.5. The van der Waals surface area contributed by atoms with Gasteiger partial charge < -0.3 is 14.4 Å². The average molecular weight is 552 g/mol. The summed E-state index contributed by atoms with van der Waals surface area (Å²) in [5.41, 5.74) is 1.61. The number of aryl methyl sites for hydroxylation is 2. The highest BCUT2D eigenvalue weighted by Crippen LogP contribution is 2.27. The van der Waals surface area contributed by atoms with Crippen molar-refractivity contribution in [3.8, 4) is 5.75 Å². The number of benzene rings is 2. The molecular weight excluding hydrogens is 518 g/mol. The Balaban J connectivity index is 1.38. The van der Waals surface area contributed by atoms with Gasteiger partial charge in [-0.2, -0.15) is 8.61 Å². The predicted octanol–water partition coefficient (Wildman–Crippen LogP) is 1.49. The van der Waals surface area contributed by atoms with Gasteiger partial charge in [-0.25, -0.2) is 16.8 Å². The third-order valence-corrected chi connectivity index (χ3v) is 10.5. The Labute approximate surface area is 218 Å². The number of sulfonamides is 2. The SMILES string of the molecule is COc1ccc(S(=O)(=O)N2CCOCC2)cc1CCC(=O)N1CCN(S(=O)(=O)c2ccc(C)cc2)CC1. The van der Waals surface area contributed by atoms with Crippen molar-refractivity contribution in [1.82, 2.24) is 13.5 Å². The normalized spacial score (nSPS) is 18.1. The summed E-state index contributed by atoms with van der Waals surface area (Å²) in [6, 6.07) is 11.4. The minimum Gasteiger partial charge on any atom is -0.496 e. The van der Waals surface area contributed by atoms with Gasteiger partial charge in [0.25, 0.3) is 0 Å². The largest absolute Gasteiger partial charge is 0.496 e. The van der Waals surface area contributed by atoms with Crippen molar-refractivity contribution in [2.75, 3.05) is 59.6 Å². The summed E-state index contributed by atoms with van der Waals surface area (Å²) in [5, 5.41) is 0. The zero-order chi connectivity index (χ0) is 26.6. The second-order valence-corrected chi connectivity index (χ2v) is 13.0. The van der Waals surface area contributed by atoms with E-state index < -0.39 is 20.0 Å². The average Bonchev–Trinajstić information content (AvgIpc) is 2.92. The van der Waals surface area contributed by atoms with Crippen LogP contribution in [0.25, 0.3) is 0 Å². The van der Waals surface area contributed by atoms with Gasteiger partial charge in [0, 0.05) is 45.7 Å². The molecule has 2 saturated heterocycles. The minimum atomic E-state index is -3.67. The van der Waals surface area contributed by atoms with Gasteiger partial charge in [0.15, 0.2) is 0 Å². The Morgan fingerprint density at radius 3 is 2.03 bits per heavy atom. The molecule has 0 spiro atoms. The van der Waals surface area contributed by atoms with Gasteiger partial charge in [-0.3, -0.25) is 4.79 Å². The summed E-state index contributed by atoms with van der Waals surface area (Å²) < 4.78 is 65.5. The highest BCUT2D eigenvalue weighted by atomic mass is 32.2. The van der Waals surface area contributed by atoms with Crippen LogP contribution >= 0.6 is 0 Å². The van der Waals surface area contributed by atoms with Crippen molar-refractivity contribution in [3.63, 3.8) is 0 Å². The van der Waals surface area contributed by atoms with Crippen LogP contribution < -0.4 is 4.74 Å². The van der Waals surface area contributed by atoms with E-state index >= 15 is 0 Å². The highest BCUT2D eigenvalue weighted by molar-refractivity contribution is 7.89. The molecule has 2 aromatic rings. The van der Waals surface area contributed by atoms with Gasteiger partial charge in [-0.15, -0.1) is 0 Å². The Morgan fingerprint density at radius 2 is 1.41 bits per heavy atom. The van der Waals surface area contributed by atoms with E-state index in [1.165, 1.54) is 21.8 Å². The Bertz CT molecular complexity index is 1310. The molecule has 10 nitrogen and oxygen atoms in total. The van der Waals surface area contributed by atoms with Crippen molar-refractivity contribution >= 4 is 26.0 Å². The summed E-state index contributed by atoms with van der Waals surface area (Å²) in [4.78, 5) is 15.0. The number of hydrogen-bond acceptors (Lipinski definition) is 7. The van der Waals surface area contributed by atoms with Gasteiger partial charge in [0.1, 0.15) is 5.75 Å². The van der Waals surface area contributed by atoms with Crippen LogP contribution in [0, 0.1) is 6.92 Å². The van der Waals surface area contributed by atoms with Crippen LogP contribution in [0.3, 0.4) is 0 Å². The number of ether oxygens (including phenoxy) is 2. The number of amides is 1. The van der Waals surface area contributed by atoms with Gasteiger partial charge >= 0.3 is 0 Å². The lowest BCUT2D eigenvalue weighted by Gasteiger charge is -2.34. The fourth-order valence-corrected chi connectivity index (χ4v) is 7.36. The molecule has 37 heavy (non-hydrogen) atoms. The van der Waals surface area contributed by atoms with Crippen LogP contribution in [0.15, 0.2) is 52.3 Å². The van der Waals surface area contributed by atoms with Crippen molar-refractivity contribution in [2.24, 2.45) is 0 Å². The van der Waals surface area contributed by atoms with Crippen LogP contribution in [-0.2, 0) is 36.0 Å². The highest BCUT2D eigenvalue weighted by Gasteiger charge is 2.30. The lowest BCUT2D eigenvalue weighted by atomic mass is 10.1. The summed E-state index contributed by atoms with van der Waals surface area (Å²) in [7, 11) is -5.78. The molecular formula is C25H33N3O7S2. The van der Waals surface area contributed by atoms with E-state index in [0.717, 1.165) is 5.56 Å². The lowest BCUT2D eigenvalue weighted by molar-refractivity contribution is -0.132. The number of morpholine rings is 1. The quantitative estimate of drug-likeness (QED) is 0.488. The van der Waals surface area contributed by atoms with E-state index in [4.69, 9.17) is 9.47 Å². The fourth-order valence-electron chi connectivity index (χ4n) is 4.48. The van der Waals surface area contributed by atoms with Crippen molar-refractivity contribution in [1.29, 1.82) is 0 Å². The minimum absolute atomic E-state index is 0.115. The third-order valence-electron chi connectivity index (χ3n) is 6.72. The van der Waals surface area contributed by atoms with Crippen molar-refractivity contribution < 1.29 is 31.1 Å². The standard InChI is InChI=1S/C25H33N3O7S2/c1-20-3-6-22(7-4-20)36(30,31)27-13-11-26(12-14-27)25(29)10-5-21-19-23(8-9-24(21)34-2)37(32,33)28-15-17-35-18-16-28/h3-4,6-9,19H,5,10-18H2,1-2H3. The van der Waals surface area contributed by atoms with Crippen LogP contribution in [0.2, 0.25) is 0 Å². The van der Waals surface area contributed by atoms with E-state index in [-0.39, 0.29) is 35.2 Å². The smallest absolute Gasteiger partial charge is 0.243 e. The molecule has 2 aromatic carbocycles. The maximum Gasteiger partial charge on any atom is 0.243 e. The number of rotatable bonds is 8. The Kier molecular flexibility index (Phi) is 8.54. The first-order valence-corrected chi connectivity index (χ1v) is 15.1. The van der Waals surface area contributed by atoms with Crippen LogP contribution in [-0.4, -0.2) is 95.8 Å². The molecule has 0 aliphatic carbocycles.